The summed E-state index contributed by atoms with van der Waals surface area (Å²) in [5.74, 6) is 1.68. The first-order valence-corrected chi connectivity index (χ1v) is 12.1. The van der Waals surface area contributed by atoms with Gasteiger partial charge in [0.15, 0.2) is 5.76 Å². The maximum atomic E-state index is 13.3. The van der Waals surface area contributed by atoms with Gasteiger partial charge in [0.05, 0.1) is 4.90 Å². The molecule has 0 unspecified atom stereocenters. The molecule has 0 N–H and O–H groups in total. The highest BCUT2D eigenvalue weighted by molar-refractivity contribution is 7.89. The summed E-state index contributed by atoms with van der Waals surface area (Å²) in [5, 5.41) is 4.70. The average molecular weight is 453 g/mol. The van der Waals surface area contributed by atoms with Crippen LogP contribution in [0.3, 0.4) is 0 Å². The maximum absolute atomic E-state index is 13.3. The van der Waals surface area contributed by atoms with Crippen LogP contribution in [0.15, 0.2) is 56.4 Å². The Balaban J connectivity index is 1.51. The van der Waals surface area contributed by atoms with E-state index in [1.54, 1.807) is 34.8 Å². The van der Waals surface area contributed by atoms with Gasteiger partial charge in [-0.15, -0.1) is 0 Å². The van der Waals surface area contributed by atoms with Gasteiger partial charge >= 0.3 is 0 Å². The van der Waals surface area contributed by atoms with Crippen molar-refractivity contribution < 1.29 is 17.4 Å². The summed E-state index contributed by atoms with van der Waals surface area (Å²) in [5.41, 5.74) is 1.90. The molecule has 1 saturated heterocycles. The Hall–Kier alpha value is -3.04. The Kier molecular flexibility index (Phi) is 5.10. The molecule has 3 aromatic heterocycles. The van der Waals surface area contributed by atoms with Gasteiger partial charge in [0.25, 0.3) is 5.89 Å². The van der Waals surface area contributed by atoms with Crippen LogP contribution in [-0.2, 0) is 10.0 Å². The number of furan rings is 1. The molecule has 0 spiro atoms. The van der Waals surface area contributed by atoms with E-state index in [1.165, 1.54) is 0 Å². The van der Waals surface area contributed by atoms with Gasteiger partial charge in [-0.1, -0.05) is 25.1 Å². The van der Waals surface area contributed by atoms with Crippen molar-refractivity contribution in [3.63, 3.8) is 0 Å². The molecule has 0 amide bonds. The van der Waals surface area contributed by atoms with Crippen molar-refractivity contribution in [3.8, 4) is 23.2 Å². The summed E-state index contributed by atoms with van der Waals surface area (Å²) in [6, 6.07) is 10.4. The number of benzene rings is 1. The minimum atomic E-state index is -3.59. The second-order valence-electron chi connectivity index (χ2n) is 8.62. The lowest BCUT2D eigenvalue weighted by Crippen LogP contribution is -2.42. The molecule has 9 heteroatoms. The molecule has 4 aromatic rings. The summed E-state index contributed by atoms with van der Waals surface area (Å²) < 4.78 is 39.6. The molecule has 2 atom stereocenters. The van der Waals surface area contributed by atoms with Crippen LogP contribution in [0.2, 0.25) is 0 Å². The van der Waals surface area contributed by atoms with Gasteiger partial charge in [-0.3, -0.25) is 4.98 Å². The maximum Gasteiger partial charge on any atom is 0.294 e. The fourth-order valence-electron chi connectivity index (χ4n) is 4.43. The molecular formula is C23H24N4O4S. The highest BCUT2D eigenvalue weighted by Gasteiger charge is 2.32. The number of rotatable bonds is 4. The van der Waals surface area contributed by atoms with E-state index in [1.807, 2.05) is 19.1 Å². The van der Waals surface area contributed by atoms with Gasteiger partial charge in [-0.2, -0.15) is 9.29 Å². The normalized spacial score (nSPS) is 20.1. The number of aromatic nitrogens is 3. The van der Waals surface area contributed by atoms with Crippen LogP contribution in [0, 0.1) is 18.8 Å². The summed E-state index contributed by atoms with van der Waals surface area (Å²) in [4.78, 5) is 8.90. The molecule has 0 radical (unpaired) electrons. The minimum Gasteiger partial charge on any atom is -0.451 e. The largest absolute Gasteiger partial charge is 0.451 e. The number of fused-ring (bicyclic) bond motifs is 1. The monoisotopic (exact) mass is 452 g/mol. The van der Waals surface area contributed by atoms with Crippen molar-refractivity contribution in [2.24, 2.45) is 11.8 Å². The van der Waals surface area contributed by atoms with Crippen molar-refractivity contribution in [1.29, 1.82) is 0 Å². The summed E-state index contributed by atoms with van der Waals surface area (Å²) >= 11 is 0. The van der Waals surface area contributed by atoms with Crippen LogP contribution in [0.25, 0.3) is 34.1 Å². The SMILES string of the molecule is Cc1c(-c2nc(-c3ccccn3)no2)oc2ccc(S(=O)(=O)N3C[C@H](C)C[C@@H](C)C3)cc12. The molecule has 1 aliphatic rings. The lowest BCUT2D eigenvalue weighted by atomic mass is 9.94. The Morgan fingerprint density at radius 2 is 1.88 bits per heavy atom. The lowest BCUT2D eigenvalue weighted by molar-refractivity contribution is 0.222. The molecule has 0 saturated carbocycles. The summed E-state index contributed by atoms with van der Waals surface area (Å²) in [6.45, 7) is 7.12. The van der Waals surface area contributed by atoms with Gasteiger partial charge in [0.2, 0.25) is 15.8 Å². The third kappa shape index (κ3) is 3.61. The van der Waals surface area contributed by atoms with Crippen LogP contribution in [0.4, 0.5) is 0 Å². The Morgan fingerprint density at radius 3 is 2.59 bits per heavy atom. The molecule has 5 rings (SSSR count). The average Bonchev–Trinajstić information content (AvgIpc) is 3.38. The molecule has 32 heavy (non-hydrogen) atoms. The van der Waals surface area contributed by atoms with E-state index in [0.717, 1.165) is 12.0 Å². The van der Waals surface area contributed by atoms with Crippen LogP contribution in [0.5, 0.6) is 0 Å². The third-order valence-electron chi connectivity index (χ3n) is 5.90. The zero-order valence-corrected chi connectivity index (χ0v) is 19.0. The Morgan fingerprint density at radius 1 is 1.09 bits per heavy atom. The van der Waals surface area contributed by atoms with Crippen LogP contribution < -0.4 is 0 Å². The van der Waals surface area contributed by atoms with E-state index in [2.05, 4.69) is 29.0 Å². The van der Waals surface area contributed by atoms with Gasteiger partial charge in [0, 0.05) is 30.2 Å². The fraction of sp³-hybridized carbons (Fsp3) is 0.348. The van der Waals surface area contributed by atoms with Crippen molar-refractivity contribution in [2.75, 3.05) is 13.1 Å². The summed E-state index contributed by atoms with van der Waals surface area (Å²) in [7, 11) is -3.59. The van der Waals surface area contributed by atoms with E-state index >= 15 is 0 Å². The van der Waals surface area contributed by atoms with Gasteiger partial charge in [-0.05, 0) is 55.5 Å². The summed E-state index contributed by atoms with van der Waals surface area (Å²) in [6.07, 6.45) is 2.70. The molecule has 8 nitrogen and oxygen atoms in total. The quantitative estimate of drug-likeness (QED) is 0.448. The predicted octanol–water partition coefficient (Wildman–Crippen LogP) is 4.52. The highest BCUT2D eigenvalue weighted by Crippen LogP contribution is 2.35. The second kappa shape index (κ2) is 7.83. The predicted molar refractivity (Wildman–Crippen MR) is 119 cm³/mol. The topological polar surface area (TPSA) is 102 Å². The van der Waals surface area contributed by atoms with E-state index in [9.17, 15) is 8.42 Å². The van der Waals surface area contributed by atoms with Crippen LogP contribution in [-0.4, -0.2) is 40.9 Å². The van der Waals surface area contributed by atoms with Gasteiger partial charge < -0.3 is 8.94 Å². The number of aryl methyl sites for hydroxylation is 1. The Bertz CT molecular complexity index is 1370. The minimum absolute atomic E-state index is 0.224. The first-order chi connectivity index (χ1) is 15.3. The first kappa shape index (κ1) is 20.8. The highest BCUT2D eigenvalue weighted by atomic mass is 32.2. The van der Waals surface area contributed by atoms with E-state index in [4.69, 9.17) is 8.94 Å². The molecule has 1 fully saturated rings. The van der Waals surface area contributed by atoms with Gasteiger partial charge in [-0.25, -0.2) is 8.42 Å². The smallest absolute Gasteiger partial charge is 0.294 e. The van der Waals surface area contributed by atoms with Crippen molar-refractivity contribution in [3.05, 3.63) is 48.2 Å². The molecule has 1 aromatic carbocycles. The van der Waals surface area contributed by atoms with Crippen molar-refractivity contribution in [2.45, 2.75) is 32.1 Å². The van der Waals surface area contributed by atoms with E-state index < -0.39 is 10.0 Å². The molecule has 1 aliphatic heterocycles. The molecule has 4 heterocycles. The number of pyridine rings is 1. The number of piperidine rings is 1. The number of hydrogen-bond donors (Lipinski definition) is 0. The van der Waals surface area contributed by atoms with Crippen molar-refractivity contribution in [1.82, 2.24) is 19.4 Å². The fourth-order valence-corrected chi connectivity index (χ4v) is 6.14. The third-order valence-corrected chi connectivity index (χ3v) is 7.72. The lowest BCUT2D eigenvalue weighted by Gasteiger charge is -2.34. The van der Waals surface area contributed by atoms with E-state index in [-0.39, 0.29) is 10.8 Å². The number of hydrogen-bond acceptors (Lipinski definition) is 7. The number of sulfonamides is 1. The van der Waals surface area contributed by atoms with Crippen molar-refractivity contribution >= 4 is 21.0 Å². The number of nitrogens with zero attached hydrogens (tertiary/aromatic N) is 4. The standard InChI is InChI=1S/C23H24N4O4S/c1-14-10-15(2)13-27(12-14)32(28,29)17-7-8-20-18(11-17)16(3)21(30-20)23-25-22(26-31-23)19-6-4-5-9-24-19/h4-9,11,14-15H,10,12-13H2,1-3H3/t14-,15-/m1/s1. The zero-order valence-electron chi connectivity index (χ0n) is 18.1. The first-order valence-electron chi connectivity index (χ1n) is 10.6. The zero-order chi connectivity index (χ0) is 22.5. The molecule has 0 bridgehead atoms. The molecule has 0 aliphatic carbocycles. The second-order valence-corrected chi connectivity index (χ2v) is 10.6. The molecule has 166 valence electrons. The van der Waals surface area contributed by atoms with Crippen LogP contribution >= 0.6 is 0 Å². The molecular weight excluding hydrogens is 428 g/mol. The van der Waals surface area contributed by atoms with Gasteiger partial charge in [0.1, 0.15) is 11.3 Å². The van der Waals surface area contributed by atoms with Crippen LogP contribution in [0.1, 0.15) is 25.8 Å². The Labute approximate surface area is 186 Å². The van der Waals surface area contributed by atoms with E-state index in [0.29, 0.717) is 53.2 Å².